The molecule has 6 nitrogen and oxygen atoms in total. The van der Waals surface area contributed by atoms with Gasteiger partial charge in [-0.05, 0) is 36.3 Å². The molecule has 1 aliphatic rings. The van der Waals surface area contributed by atoms with Crippen molar-refractivity contribution in [1.29, 1.82) is 0 Å². The Balaban J connectivity index is 1.35. The first kappa shape index (κ1) is 20.3. The number of piperidine rings is 1. The highest BCUT2D eigenvalue weighted by Crippen LogP contribution is 2.22. The molecule has 0 aliphatic carbocycles. The van der Waals surface area contributed by atoms with E-state index in [1.165, 1.54) is 9.56 Å². The van der Waals surface area contributed by atoms with E-state index < -0.39 is 0 Å². The summed E-state index contributed by atoms with van der Waals surface area (Å²) in [6.45, 7) is 2.57. The number of hydrogen-bond acceptors (Lipinski definition) is 5. The molecule has 1 N–H and O–H groups in total. The molecule has 1 aliphatic heterocycles. The first-order valence-electron chi connectivity index (χ1n) is 10.4. The predicted molar refractivity (Wildman–Crippen MR) is 120 cm³/mol. The minimum absolute atomic E-state index is 0.0613. The molecule has 1 atom stereocenters. The Hall–Kier alpha value is -2.93. The van der Waals surface area contributed by atoms with Gasteiger partial charge in [-0.2, -0.15) is 5.10 Å². The monoisotopic (exact) mass is 422 g/mol. The van der Waals surface area contributed by atoms with Crippen molar-refractivity contribution in [1.82, 2.24) is 15.1 Å². The van der Waals surface area contributed by atoms with Crippen LogP contribution >= 0.6 is 11.3 Å². The van der Waals surface area contributed by atoms with Crippen molar-refractivity contribution in [3.63, 3.8) is 0 Å². The molecule has 0 bridgehead atoms. The molecule has 1 amide bonds. The molecule has 7 heteroatoms. The van der Waals surface area contributed by atoms with Gasteiger partial charge in [0.15, 0.2) is 0 Å². The maximum atomic E-state index is 12.6. The average Bonchev–Trinajstić information content (AvgIpc) is 3.29. The number of benzene rings is 1. The minimum Gasteiger partial charge on any atom is -0.369 e. The summed E-state index contributed by atoms with van der Waals surface area (Å²) in [5, 5.41) is 9.48. The second-order valence-corrected chi connectivity index (χ2v) is 8.63. The molecule has 1 aromatic carbocycles. The lowest BCUT2D eigenvalue weighted by Gasteiger charge is -2.33. The van der Waals surface area contributed by atoms with Crippen LogP contribution in [-0.4, -0.2) is 35.3 Å². The fourth-order valence-electron chi connectivity index (χ4n) is 3.81. The van der Waals surface area contributed by atoms with Gasteiger partial charge < -0.3 is 10.2 Å². The van der Waals surface area contributed by atoms with Crippen molar-refractivity contribution in [2.24, 2.45) is 5.92 Å². The topological polar surface area (TPSA) is 67.2 Å². The number of rotatable bonds is 7. The van der Waals surface area contributed by atoms with Gasteiger partial charge >= 0.3 is 0 Å². The summed E-state index contributed by atoms with van der Waals surface area (Å²) in [6, 6.07) is 15.6. The number of hydrogen-bond donors (Lipinski definition) is 1. The SMILES string of the molecule is O=C(NCCc1cccs1)C1CCCN(c2cnn(Cc3ccccc3)c(=O)c2)C1. The average molecular weight is 423 g/mol. The quantitative estimate of drug-likeness (QED) is 0.636. The molecule has 156 valence electrons. The fourth-order valence-corrected chi connectivity index (χ4v) is 4.51. The number of nitrogens with zero attached hydrogens (tertiary/aromatic N) is 3. The number of carbonyl (C=O) groups is 1. The van der Waals surface area contributed by atoms with E-state index in [0.717, 1.165) is 37.1 Å². The summed E-state index contributed by atoms with van der Waals surface area (Å²) < 4.78 is 1.47. The number of amides is 1. The third-order valence-corrected chi connectivity index (χ3v) is 6.37. The van der Waals surface area contributed by atoms with Gasteiger partial charge in [0.1, 0.15) is 0 Å². The highest BCUT2D eigenvalue weighted by Gasteiger charge is 2.26. The normalized spacial score (nSPS) is 16.4. The van der Waals surface area contributed by atoms with Gasteiger partial charge in [0.25, 0.3) is 5.56 Å². The lowest BCUT2D eigenvalue weighted by Crippen LogP contribution is -2.44. The summed E-state index contributed by atoms with van der Waals surface area (Å²) >= 11 is 1.71. The predicted octanol–water partition coefficient (Wildman–Crippen LogP) is 2.93. The molecule has 0 spiro atoms. The fraction of sp³-hybridized carbons (Fsp3) is 0.348. The third kappa shape index (κ3) is 5.16. The zero-order chi connectivity index (χ0) is 20.8. The van der Waals surface area contributed by atoms with E-state index >= 15 is 0 Å². The zero-order valence-electron chi connectivity index (χ0n) is 16.9. The van der Waals surface area contributed by atoms with Crippen LogP contribution in [0.25, 0.3) is 0 Å². The highest BCUT2D eigenvalue weighted by atomic mass is 32.1. The van der Waals surface area contributed by atoms with Crippen LogP contribution in [0.4, 0.5) is 5.69 Å². The number of anilines is 1. The molecule has 3 aromatic rings. The standard InChI is InChI=1S/C23H26N4O2S/c28-22-14-20(15-25-27(22)16-18-6-2-1-3-7-18)26-12-4-8-19(17-26)23(29)24-11-10-21-9-5-13-30-21/h1-3,5-7,9,13-15,19H,4,8,10-12,16-17H2,(H,24,29). The Morgan fingerprint density at radius 2 is 2.07 bits per heavy atom. The van der Waals surface area contributed by atoms with Gasteiger partial charge in [0.2, 0.25) is 5.91 Å². The number of carbonyl (C=O) groups excluding carboxylic acids is 1. The Morgan fingerprint density at radius 1 is 1.20 bits per heavy atom. The van der Waals surface area contributed by atoms with E-state index in [9.17, 15) is 9.59 Å². The van der Waals surface area contributed by atoms with Gasteiger partial charge in [-0.25, -0.2) is 4.68 Å². The molecule has 2 aromatic heterocycles. The van der Waals surface area contributed by atoms with Gasteiger partial charge in [-0.15, -0.1) is 11.3 Å². The van der Waals surface area contributed by atoms with Crippen LogP contribution in [0.1, 0.15) is 23.3 Å². The number of thiophene rings is 1. The van der Waals surface area contributed by atoms with Crippen LogP contribution in [0, 0.1) is 5.92 Å². The molecule has 1 unspecified atom stereocenters. The largest absolute Gasteiger partial charge is 0.369 e. The van der Waals surface area contributed by atoms with Crippen molar-refractivity contribution < 1.29 is 4.79 Å². The van der Waals surface area contributed by atoms with E-state index in [0.29, 0.717) is 19.6 Å². The van der Waals surface area contributed by atoms with E-state index in [-0.39, 0.29) is 17.4 Å². The molecular formula is C23H26N4O2S. The summed E-state index contributed by atoms with van der Waals surface area (Å²) in [5.41, 5.74) is 1.70. The van der Waals surface area contributed by atoms with Crippen LogP contribution < -0.4 is 15.8 Å². The van der Waals surface area contributed by atoms with Crippen LogP contribution in [0.15, 0.2) is 64.9 Å². The van der Waals surface area contributed by atoms with Gasteiger partial charge in [-0.3, -0.25) is 9.59 Å². The number of aromatic nitrogens is 2. The minimum atomic E-state index is -0.126. The molecular weight excluding hydrogens is 396 g/mol. The Kier molecular flexibility index (Phi) is 6.59. The summed E-state index contributed by atoms with van der Waals surface area (Å²) in [5.74, 6) is 0.0375. The first-order chi connectivity index (χ1) is 14.7. The molecule has 1 fully saturated rings. The first-order valence-corrected chi connectivity index (χ1v) is 11.2. The van der Waals surface area contributed by atoms with Crippen LogP contribution in [-0.2, 0) is 17.8 Å². The van der Waals surface area contributed by atoms with E-state index in [2.05, 4.69) is 26.8 Å². The summed E-state index contributed by atoms with van der Waals surface area (Å²) in [6.07, 6.45) is 4.40. The second kappa shape index (κ2) is 9.71. The van der Waals surface area contributed by atoms with Crippen LogP contribution in [0.5, 0.6) is 0 Å². The van der Waals surface area contributed by atoms with Gasteiger partial charge in [0, 0.05) is 30.6 Å². The summed E-state index contributed by atoms with van der Waals surface area (Å²) in [7, 11) is 0. The Labute approximate surface area is 180 Å². The molecule has 1 saturated heterocycles. The Bertz CT molecular complexity index is 1020. The van der Waals surface area contributed by atoms with Crippen molar-refractivity contribution in [3.05, 3.63) is 80.9 Å². The van der Waals surface area contributed by atoms with Crippen molar-refractivity contribution in [3.8, 4) is 0 Å². The van der Waals surface area contributed by atoms with Gasteiger partial charge in [0.05, 0.1) is 24.3 Å². The van der Waals surface area contributed by atoms with E-state index in [1.807, 2.05) is 36.4 Å². The molecule has 0 radical (unpaired) electrons. The zero-order valence-corrected chi connectivity index (χ0v) is 17.7. The van der Waals surface area contributed by atoms with Crippen LogP contribution in [0.2, 0.25) is 0 Å². The van der Waals surface area contributed by atoms with Crippen molar-refractivity contribution >= 4 is 22.9 Å². The van der Waals surface area contributed by atoms with E-state index in [1.54, 1.807) is 23.6 Å². The maximum Gasteiger partial charge on any atom is 0.269 e. The molecule has 30 heavy (non-hydrogen) atoms. The summed E-state index contributed by atoms with van der Waals surface area (Å²) in [4.78, 5) is 28.5. The maximum absolute atomic E-state index is 12.6. The smallest absolute Gasteiger partial charge is 0.269 e. The lowest BCUT2D eigenvalue weighted by molar-refractivity contribution is -0.125. The van der Waals surface area contributed by atoms with Crippen molar-refractivity contribution in [2.75, 3.05) is 24.5 Å². The molecule has 4 rings (SSSR count). The third-order valence-electron chi connectivity index (χ3n) is 5.44. The Morgan fingerprint density at radius 3 is 2.83 bits per heavy atom. The number of nitrogens with one attached hydrogen (secondary N) is 1. The highest BCUT2D eigenvalue weighted by molar-refractivity contribution is 7.09. The second-order valence-electron chi connectivity index (χ2n) is 7.60. The van der Waals surface area contributed by atoms with Crippen molar-refractivity contribution in [2.45, 2.75) is 25.8 Å². The lowest BCUT2D eigenvalue weighted by atomic mass is 9.97. The molecule has 0 saturated carbocycles. The van der Waals surface area contributed by atoms with Crippen LogP contribution in [0.3, 0.4) is 0 Å². The van der Waals surface area contributed by atoms with Gasteiger partial charge in [-0.1, -0.05) is 36.4 Å². The molecule has 3 heterocycles. The van der Waals surface area contributed by atoms with E-state index in [4.69, 9.17) is 0 Å².